The van der Waals surface area contributed by atoms with Gasteiger partial charge in [0.15, 0.2) is 0 Å². The van der Waals surface area contributed by atoms with Gasteiger partial charge in [-0.25, -0.2) is 4.79 Å². The maximum Gasteiger partial charge on any atom is 0.315 e. The average Bonchev–Trinajstić information content (AvgIpc) is 2.97. The molecule has 2 amide bonds. The van der Waals surface area contributed by atoms with Gasteiger partial charge < -0.3 is 20.1 Å². The van der Waals surface area contributed by atoms with Crippen molar-refractivity contribution in [1.82, 2.24) is 10.6 Å². The number of ether oxygens (including phenoxy) is 2. The summed E-state index contributed by atoms with van der Waals surface area (Å²) in [4.78, 5) is 12.3. The Bertz CT molecular complexity index is 424. The largest absolute Gasteiger partial charge is 0.378 e. The Morgan fingerprint density at radius 1 is 1.29 bits per heavy atom. The van der Waals surface area contributed by atoms with Crippen LogP contribution < -0.4 is 10.6 Å². The number of carbonyl (C=O) groups excluding carboxylic acids is 1. The molecule has 5 atom stereocenters. The molecule has 2 aliphatic carbocycles. The second-order valence-electron chi connectivity index (χ2n) is 7.15. The van der Waals surface area contributed by atoms with Crippen molar-refractivity contribution in [2.75, 3.05) is 6.61 Å². The molecule has 2 bridgehead atoms. The molecular weight excluding hydrogens is 268 g/mol. The SMILES string of the molecule is CCOC1CC(NC(=O)NC2CC3CCC2O3)C12CCC2. The van der Waals surface area contributed by atoms with Crippen LogP contribution in [0.15, 0.2) is 0 Å². The second kappa shape index (κ2) is 5.13. The number of hydrogen-bond donors (Lipinski definition) is 2. The first-order valence-electron chi connectivity index (χ1n) is 8.55. The average molecular weight is 294 g/mol. The fourth-order valence-electron chi connectivity index (χ4n) is 4.80. The Morgan fingerprint density at radius 2 is 2.14 bits per heavy atom. The lowest BCUT2D eigenvalue weighted by molar-refractivity contribution is -0.169. The Balaban J connectivity index is 1.29. The Morgan fingerprint density at radius 3 is 2.71 bits per heavy atom. The molecule has 4 fully saturated rings. The molecule has 0 aromatic heterocycles. The molecule has 1 spiro atoms. The molecule has 2 heterocycles. The zero-order valence-electron chi connectivity index (χ0n) is 12.8. The van der Waals surface area contributed by atoms with Crippen LogP contribution in [0.25, 0.3) is 0 Å². The third-order valence-corrected chi connectivity index (χ3v) is 6.17. The van der Waals surface area contributed by atoms with Gasteiger partial charge >= 0.3 is 6.03 Å². The predicted molar refractivity (Wildman–Crippen MR) is 78.1 cm³/mol. The number of urea groups is 1. The third kappa shape index (κ3) is 2.16. The third-order valence-electron chi connectivity index (χ3n) is 6.17. The molecule has 118 valence electrons. The maximum absolute atomic E-state index is 12.3. The molecule has 2 N–H and O–H groups in total. The molecule has 0 aromatic carbocycles. The first-order valence-corrected chi connectivity index (χ1v) is 8.55. The van der Waals surface area contributed by atoms with E-state index in [9.17, 15) is 4.79 Å². The normalized spacial score (nSPS) is 42.4. The number of hydrogen-bond acceptors (Lipinski definition) is 3. The van der Waals surface area contributed by atoms with Gasteiger partial charge in [0.1, 0.15) is 0 Å². The summed E-state index contributed by atoms with van der Waals surface area (Å²) in [5, 5.41) is 6.32. The van der Waals surface area contributed by atoms with E-state index in [0.717, 1.165) is 32.3 Å². The quantitative estimate of drug-likeness (QED) is 0.833. The van der Waals surface area contributed by atoms with Crippen molar-refractivity contribution in [2.45, 2.75) is 82.3 Å². The number of fused-ring (bicyclic) bond motifs is 2. The van der Waals surface area contributed by atoms with Gasteiger partial charge in [-0.2, -0.15) is 0 Å². The van der Waals surface area contributed by atoms with E-state index in [4.69, 9.17) is 9.47 Å². The Kier molecular flexibility index (Phi) is 3.38. The van der Waals surface area contributed by atoms with E-state index in [-0.39, 0.29) is 23.6 Å². The highest BCUT2D eigenvalue weighted by atomic mass is 16.5. The molecule has 2 saturated carbocycles. The molecule has 4 rings (SSSR count). The van der Waals surface area contributed by atoms with E-state index in [0.29, 0.717) is 18.2 Å². The van der Waals surface area contributed by atoms with Crippen LogP contribution in [-0.4, -0.2) is 43.0 Å². The number of amides is 2. The zero-order valence-corrected chi connectivity index (χ0v) is 12.8. The van der Waals surface area contributed by atoms with Gasteiger partial charge in [-0.1, -0.05) is 6.42 Å². The molecule has 0 radical (unpaired) electrons. The van der Waals surface area contributed by atoms with Gasteiger partial charge in [0.05, 0.1) is 24.4 Å². The van der Waals surface area contributed by atoms with Crippen LogP contribution in [0.3, 0.4) is 0 Å². The lowest BCUT2D eigenvalue weighted by Crippen LogP contribution is -2.68. The fourth-order valence-corrected chi connectivity index (χ4v) is 4.80. The smallest absolute Gasteiger partial charge is 0.315 e. The molecule has 2 aliphatic heterocycles. The molecule has 0 aromatic rings. The lowest BCUT2D eigenvalue weighted by Gasteiger charge is -2.60. The van der Waals surface area contributed by atoms with E-state index < -0.39 is 0 Å². The van der Waals surface area contributed by atoms with Crippen LogP contribution in [0.2, 0.25) is 0 Å². The Hall–Kier alpha value is -0.810. The van der Waals surface area contributed by atoms with Crippen molar-refractivity contribution in [3.8, 4) is 0 Å². The van der Waals surface area contributed by atoms with E-state index in [1.54, 1.807) is 0 Å². The minimum Gasteiger partial charge on any atom is -0.378 e. The molecule has 5 nitrogen and oxygen atoms in total. The van der Waals surface area contributed by atoms with Crippen LogP contribution in [0.1, 0.15) is 51.9 Å². The summed E-state index contributed by atoms with van der Waals surface area (Å²) < 4.78 is 11.6. The van der Waals surface area contributed by atoms with E-state index in [1.807, 2.05) is 0 Å². The summed E-state index contributed by atoms with van der Waals surface area (Å²) in [7, 11) is 0. The van der Waals surface area contributed by atoms with Crippen molar-refractivity contribution >= 4 is 6.03 Å². The van der Waals surface area contributed by atoms with Gasteiger partial charge in [0, 0.05) is 18.1 Å². The second-order valence-corrected chi connectivity index (χ2v) is 7.15. The van der Waals surface area contributed by atoms with Gasteiger partial charge in [-0.15, -0.1) is 0 Å². The van der Waals surface area contributed by atoms with Gasteiger partial charge in [0.25, 0.3) is 0 Å². The van der Waals surface area contributed by atoms with Crippen LogP contribution in [0.4, 0.5) is 4.79 Å². The number of nitrogens with one attached hydrogen (secondary N) is 2. The van der Waals surface area contributed by atoms with Gasteiger partial charge in [-0.05, 0) is 45.4 Å². The van der Waals surface area contributed by atoms with Crippen molar-refractivity contribution in [2.24, 2.45) is 5.41 Å². The molecule has 21 heavy (non-hydrogen) atoms. The predicted octanol–water partition coefficient (Wildman–Crippen LogP) is 1.95. The highest BCUT2D eigenvalue weighted by Gasteiger charge is 2.59. The highest BCUT2D eigenvalue weighted by Crippen LogP contribution is 2.57. The molecule has 2 saturated heterocycles. The fraction of sp³-hybridized carbons (Fsp3) is 0.938. The van der Waals surface area contributed by atoms with Crippen molar-refractivity contribution in [1.29, 1.82) is 0 Å². The summed E-state index contributed by atoms with van der Waals surface area (Å²) in [5.74, 6) is 0. The topological polar surface area (TPSA) is 59.6 Å². The van der Waals surface area contributed by atoms with E-state index >= 15 is 0 Å². The lowest BCUT2D eigenvalue weighted by atomic mass is 9.51. The maximum atomic E-state index is 12.3. The molecular formula is C16H26N2O3. The first-order chi connectivity index (χ1) is 10.2. The van der Waals surface area contributed by atoms with Crippen molar-refractivity contribution in [3.05, 3.63) is 0 Å². The first kappa shape index (κ1) is 13.8. The van der Waals surface area contributed by atoms with Gasteiger partial charge in [0.2, 0.25) is 0 Å². The number of rotatable bonds is 4. The summed E-state index contributed by atoms with van der Waals surface area (Å²) in [5.41, 5.74) is 0.235. The summed E-state index contributed by atoms with van der Waals surface area (Å²) in [6.45, 7) is 2.82. The standard InChI is InChI=1S/C16H26N2O3/c1-2-20-14-9-13(16(14)6-3-7-16)18-15(19)17-11-8-10-4-5-12(11)21-10/h10-14H,2-9H2,1H3,(H2,17,18,19). The highest BCUT2D eigenvalue weighted by molar-refractivity contribution is 5.75. The van der Waals surface area contributed by atoms with Gasteiger partial charge in [-0.3, -0.25) is 0 Å². The van der Waals surface area contributed by atoms with E-state index in [2.05, 4.69) is 17.6 Å². The van der Waals surface area contributed by atoms with Crippen LogP contribution in [0.5, 0.6) is 0 Å². The number of carbonyl (C=O) groups is 1. The summed E-state index contributed by atoms with van der Waals surface area (Å²) in [6, 6.07) is 0.494. The molecule has 5 unspecified atom stereocenters. The van der Waals surface area contributed by atoms with E-state index in [1.165, 1.54) is 19.3 Å². The molecule has 4 aliphatic rings. The van der Waals surface area contributed by atoms with Crippen LogP contribution in [0, 0.1) is 5.41 Å². The Labute approximate surface area is 126 Å². The zero-order chi connectivity index (χ0) is 14.4. The minimum atomic E-state index is -0.0117. The van der Waals surface area contributed by atoms with Crippen LogP contribution in [-0.2, 0) is 9.47 Å². The van der Waals surface area contributed by atoms with Crippen LogP contribution >= 0.6 is 0 Å². The monoisotopic (exact) mass is 294 g/mol. The summed E-state index contributed by atoms with van der Waals surface area (Å²) >= 11 is 0. The minimum absolute atomic E-state index is 0.0117. The van der Waals surface area contributed by atoms with Crippen molar-refractivity contribution in [3.63, 3.8) is 0 Å². The van der Waals surface area contributed by atoms with Crippen molar-refractivity contribution < 1.29 is 14.3 Å². The molecule has 5 heteroatoms. The summed E-state index contributed by atoms with van der Waals surface area (Å²) in [6.07, 6.45) is 8.84.